The SMILES string of the molecule is Cc1ccc(N(c2ccc(/C=C/c3ccc4c(C#N)c(/C=C/c5ccc(N(c6ccc(C)cc6)c6cccc7ccccc67)cc5)ccc4c3)cc2)c2cccc3ccccc23)cc1. The van der Waals surface area contributed by atoms with Gasteiger partial charge in [0.05, 0.1) is 16.9 Å². The molecule has 0 aliphatic carbocycles. The molecule has 0 saturated carbocycles. The Bertz CT molecular complexity index is 3380. The van der Waals surface area contributed by atoms with E-state index < -0.39 is 0 Å². The Morgan fingerprint density at radius 1 is 0.359 bits per heavy atom. The van der Waals surface area contributed by atoms with Crippen LogP contribution in [0.25, 0.3) is 56.6 Å². The molecule has 0 saturated heterocycles. The van der Waals surface area contributed by atoms with Gasteiger partial charge in [0, 0.05) is 38.9 Å². The topological polar surface area (TPSA) is 30.3 Å². The summed E-state index contributed by atoms with van der Waals surface area (Å²) < 4.78 is 0. The van der Waals surface area contributed by atoms with Gasteiger partial charge in [-0.2, -0.15) is 5.26 Å². The van der Waals surface area contributed by atoms with Crippen LogP contribution >= 0.6 is 0 Å². The molecular weight excluding hydrogens is 775 g/mol. The lowest BCUT2D eigenvalue weighted by Crippen LogP contribution is -2.10. The highest BCUT2D eigenvalue weighted by molar-refractivity contribution is 6.00. The lowest BCUT2D eigenvalue weighted by Gasteiger charge is -2.27. The molecule has 0 aromatic heterocycles. The van der Waals surface area contributed by atoms with Gasteiger partial charge in [0.2, 0.25) is 0 Å². The van der Waals surface area contributed by atoms with Gasteiger partial charge in [0.1, 0.15) is 6.07 Å². The van der Waals surface area contributed by atoms with Crippen molar-refractivity contribution in [3.63, 3.8) is 0 Å². The third-order valence-corrected chi connectivity index (χ3v) is 12.0. The third kappa shape index (κ3) is 8.05. The Morgan fingerprint density at radius 3 is 1.28 bits per heavy atom. The summed E-state index contributed by atoms with van der Waals surface area (Å²) in [7, 11) is 0. The molecule has 0 aliphatic heterocycles. The van der Waals surface area contributed by atoms with Gasteiger partial charge in [-0.15, -0.1) is 0 Å². The van der Waals surface area contributed by atoms with Crippen LogP contribution in [0.2, 0.25) is 0 Å². The molecule has 0 bridgehead atoms. The summed E-state index contributed by atoms with van der Waals surface area (Å²) in [5, 5.41) is 17.2. The molecular formula is C61H45N3. The first-order valence-corrected chi connectivity index (χ1v) is 21.7. The van der Waals surface area contributed by atoms with E-state index in [0.29, 0.717) is 5.56 Å². The average molecular weight is 820 g/mol. The van der Waals surface area contributed by atoms with E-state index in [1.54, 1.807) is 0 Å². The summed E-state index contributed by atoms with van der Waals surface area (Å²) in [6.07, 6.45) is 8.42. The summed E-state index contributed by atoms with van der Waals surface area (Å²) in [4.78, 5) is 4.65. The Labute approximate surface area is 375 Å². The van der Waals surface area contributed by atoms with Gasteiger partial charge in [0.15, 0.2) is 0 Å². The number of hydrogen-bond acceptors (Lipinski definition) is 3. The normalized spacial score (nSPS) is 11.5. The van der Waals surface area contributed by atoms with E-state index in [0.717, 1.165) is 67.2 Å². The second-order valence-corrected chi connectivity index (χ2v) is 16.3. The van der Waals surface area contributed by atoms with Crippen molar-refractivity contribution in [2.45, 2.75) is 13.8 Å². The molecule has 0 fully saturated rings. The van der Waals surface area contributed by atoms with Crippen LogP contribution in [-0.4, -0.2) is 0 Å². The molecule has 0 aliphatic rings. The minimum absolute atomic E-state index is 0.669. The molecule has 0 radical (unpaired) electrons. The van der Waals surface area contributed by atoms with E-state index in [4.69, 9.17) is 0 Å². The van der Waals surface area contributed by atoms with Crippen LogP contribution in [-0.2, 0) is 0 Å². The monoisotopic (exact) mass is 819 g/mol. The molecule has 10 aromatic carbocycles. The molecule has 10 rings (SSSR count). The minimum Gasteiger partial charge on any atom is -0.310 e. The summed E-state index contributed by atoms with van der Waals surface area (Å²) in [6.45, 7) is 4.24. The van der Waals surface area contributed by atoms with Gasteiger partial charge >= 0.3 is 0 Å². The average Bonchev–Trinajstić information content (AvgIpc) is 3.34. The maximum absolute atomic E-state index is 10.4. The first-order valence-electron chi connectivity index (χ1n) is 21.7. The molecule has 10 aromatic rings. The minimum atomic E-state index is 0.669. The number of fused-ring (bicyclic) bond motifs is 3. The highest BCUT2D eigenvalue weighted by Gasteiger charge is 2.17. The highest BCUT2D eigenvalue weighted by atomic mass is 15.1. The number of hydrogen-bond donors (Lipinski definition) is 0. The van der Waals surface area contributed by atoms with E-state index in [2.05, 4.69) is 254 Å². The van der Waals surface area contributed by atoms with Crippen molar-refractivity contribution in [2.75, 3.05) is 9.80 Å². The predicted molar refractivity (Wildman–Crippen MR) is 273 cm³/mol. The standard InChI is InChI=1S/C61H45N3/c1-43-17-32-52(33-18-43)63(60-15-7-11-48-9-3-5-13-57(48)60)54-36-24-45(25-37-54)21-22-47-28-40-56-51(41-47)31-30-50(59(56)42-62)29-23-46-26-38-55(39-27-46)64(53-34-19-44(2)20-35-53)61-16-8-12-49-10-4-6-14-58(49)61/h3-41H,1-2H3/b22-21+,29-23+. The van der Waals surface area contributed by atoms with Crippen molar-refractivity contribution in [1.29, 1.82) is 5.26 Å². The fourth-order valence-corrected chi connectivity index (χ4v) is 8.63. The van der Waals surface area contributed by atoms with Crippen LogP contribution in [0.15, 0.2) is 212 Å². The van der Waals surface area contributed by atoms with Crippen LogP contribution in [0, 0.1) is 25.2 Å². The lowest BCUT2D eigenvalue weighted by molar-refractivity contribution is 1.29. The first-order chi connectivity index (χ1) is 31.5. The maximum atomic E-state index is 10.4. The lowest BCUT2D eigenvalue weighted by atomic mass is 9.97. The van der Waals surface area contributed by atoms with Crippen LogP contribution in [0.1, 0.15) is 38.9 Å². The second-order valence-electron chi connectivity index (χ2n) is 16.3. The van der Waals surface area contributed by atoms with Crippen LogP contribution in [0.3, 0.4) is 0 Å². The molecule has 3 nitrogen and oxygen atoms in total. The number of anilines is 6. The number of benzene rings is 10. The fraction of sp³-hybridized carbons (Fsp3) is 0.0328. The van der Waals surface area contributed by atoms with E-state index in [1.807, 2.05) is 12.1 Å². The van der Waals surface area contributed by atoms with Gasteiger partial charge < -0.3 is 9.80 Å². The largest absolute Gasteiger partial charge is 0.310 e. The van der Waals surface area contributed by atoms with E-state index in [1.165, 1.54) is 32.7 Å². The summed E-state index contributed by atoms with van der Waals surface area (Å²) in [5.74, 6) is 0. The van der Waals surface area contributed by atoms with E-state index in [9.17, 15) is 5.26 Å². The molecule has 304 valence electrons. The van der Waals surface area contributed by atoms with Gasteiger partial charge in [-0.3, -0.25) is 0 Å². The zero-order valence-electron chi connectivity index (χ0n) is 35.9. The van der Waals surface area contributed by atoms with E-state index in [-0.39, 0.29) is 0 Å². The summed E-state index contributed by atoms with van der Waals surface area (Å²) >= 11 is 0. The molecule has 0 spiro atoms. The highest BCUT2D eigenvalue weighted by Crippen LogP contribution is 2.41. The van der Waals surface area contributed by atoms with Crippen molar-refractivity contribution in [3.8, 4) is 6.07 Å². The Hall–Kier alpha value is -8.45. The number of aryl methyl sites for hydroxylation is 2. The second kappa shape index (κ2) is 17.5. The predicted octanol–water partition coefficient (Wildman–Crippen LogP) is 16.9. The molecule has 0 atom stereocenters. The molecule has 0 heterocycles. The zero-order valence-corrected chi connectivity index (χ0v) is 35.9. The van der Waals surface area contributed by atoms with Crippen molar-refractivity contribution < 1.29 is 0 Å². The summed E-state index contributed by atoms with van der Waals surface area (Å²) in [5.41, 5.74) is 13.9. The molecule has 0 N–H and O–H groups in total. The Morgan fingerprint density at radius 2 is 0.781 bits per heavy atom. The number of nitrogens with zero attached hydrogens (tertiary/aromatic N) is 3. The number of nitriles is 1. The van der Waals surface area contributed by atoms with Gasteiger partial charge in [0.25, 0.3) is 0 Å². The summed E-state index contributed by atoms with van der Waals surface area (Å²) in [6, 6.07) is 77.8. The third-order valence-electron chi connectivity index (χ3n) is 12.0. The quantitative estimate of drug-likeness (QED) is 0.129. The smallest absolute Gasteiger partial charge is 0.100 e. The molecule has 0 unspecified atom stereocenters. The van der Waals surface area contributed by atoms with Crippen molar-refractivity contribution in [2.24, 2.45) is 0 Å². The van der Waals surface area contributed by atoms with Crippen molar-refractivity contribution in [1.82, 2.24) is 0 Å². The molecule has 0 amide bonds. The first kappa shape index (κ1) is 39.7. The van der Waals surface area contributed by atoms with Gasteiger partial charge in [-0.05, 0) is 119 Å². The molecule has 64 heavy (non-hydrogen) atoms. The van der Waals surface area contributed by atoms with Crippen LogP contribution in [0.5, 0.6) is 0 Å². The fourth-order valence-electron chi connectivity index (χ4n) is 8.63. The zero-order chi connectivity index (χ0) is 43.4. The van der Waals surface area contributed by atoms with Crippen molar-refractivity contribution >= 4 is 90.7 Å². The molecule has 3 heteroatoms. The van der Waals surface area contributed by atoms with Crippen LogP contribution in [0.4, 0.5) is 34.1 Å². The Kier molecular flexibility index (Phi) is 10.8. The van der Waals surface area contributed by atoms with Crippen LogP contribution < -0.4 is 9.80 Å². The number of rotatable bonds is 10. The maximum Gasteiger partial charge on any atom is 0.100 e. The van der Waals surface area contributed by atoms with Gasteiger partial charge in [-0.1, -0.05) is 181 Å². The van der Waals surface area contributed by atoms with E-state index >= 15 is 0 Å². The Balaban J connectivity index is 0.884. The van der Waals surface area contributed by atoms with Gasteiger partial charge in [-0.25, -0.2) is 0 Å². The van der Waals surface area contributed by atoms with Crippen molar-refractivity contribution in [3.05, 3.63) is 251 Å².